The van der Waals surface area contributed by atoms with Crippen molar-refractivity contribution in [1.82, 2.24) is 10.2 Å². The highest BCUT2D eigenvalue weighted by atomic mass is 16.5. The number of aliphatic hydroxyl groups excluding tert-OH is 1. The summed E-state index contributed by atoms with van der Waals surface area (Å²) in [4.78, 5) is 24.3. The fourth-order valence-corrected chi connectivity index (χ4v) is 2.02. The van der Waals surface area contributed by atoms with Crippen LogP contribution in [0.25, 0.3) is 0 Å². The van der Waals surface area contributed by atoms with E-state index < -0.39 is 12.0 Å². The normalized spacial score (nSPS) is 18.1. The lowest BCUT2D eigenvalue weighted by atomic mass is 10.1. The van der Waals surface area contributed by atoms with Crippen molar-refractivity contribution in [2.24, 2.45) is 0 Å². The lowest BCUT2D eigenvalue weighted by Crippen LogP contribution is -2.50. The van der Waals surface area contributed by atoms with Gasteiger partial charge in [0.2, 0.25) is 0 Å². The van der Waals surface area contributed by atoms with E-state index in [1.807, 2.05) is 0 Å². The lowest BCUT2D eigenvalue weighted by molar-refractivity contribution is -0.139. The number of carbonyl (C=O) groups excluding carboxylic acids is 1. The molecule has 110 valence electrons. The molecular weight excluding hydrogens is 252 g/mol. The van der Waals surface area contributed by atoms with E-state index >= 15 is 0 Å². The van der Waals surface area contributed by atoms with Crippen LogP contribution >= 0.6 is 0 Å². The topological polar surface area (TPSA) is 99.1 Å². The molecule has 1 saturated heterocycles. The number of rotatable bonds is 6. The Balaban J connectivity index is 2.34. The number of carboxylic acids is 1. The Bertz CT molecular complexity index is 302. The molecule has 0 radical (unpaired) electrons. The van der Waals surface area contributed by atoms with Gasteiger partial charge in [0.25, 0.3) is 0 Å². The molecule has 1 aliphatic heterocycles. The minimum atomic E-state index is -1.02. The van der Waals surface area contributed by atoms with E-state index in [4.69, 9.17) is 14.9 Å². The molecular formula is C12H22N2O5. The SMILES string of the molecule is CC[C@@H](NC(=O)N1CCC(OCCO)CC1)C(=O)O. The van der Waals surface area contributed by atoms with Crippen LogP contribution in [0, 0.1) is 0 Å². The van der Waals surface area contributed by atoms with Gasteiger partial charge in [-0.2, -0.15) is 0 Å². The molecule has 7 heteroatoms. The lowest BCUT2D eigenvalue weighted by Gasteiger charge is -2.32. The van der Waals surface area contributed by atoms with Crippen molar-refractivity contribution in [2.75, 3.05) is 26.3 Å². The standard InChI is InChI=1S/C12H22N2O5/c1-2-10(11(16)17)13-12(18)14-5-3-9(4-6-14)19-8-7-15/h9-10,15H,2-8H2,1H3,(H,13,18)(H,16,17)/t10-/m1/s1. The maximum absolute atomic E-state index is 11.9. The van der Waals surface area contributed by atoms with E-state index in [1.165, 1.54) is 0 Å². The molecule has 19 heavy (non-hydrogen) atoms. The number of hydrogen-bond donors (Lipinski definition) is 3. The number of piperidine rings is 1. The number of amides is 2. The molecule has 0 aromatic carbocycles. The number of likely N-dealkylation sites (tertiary alicyclic amines) is 1. The van der Waals surface area contributed by atoms with Gasteiger partial charge in [0, 0.05) is 13.1 Å². The Morgan fingerprint density at radius 1 is 1.42 bits per heavy atom. The maximum atomic E-state index is 11.9. The van der Waals surface area contributed by atoms with Gasteiger partial charge in [-0.3, -0.25) is 0 Å². The van der Waals surface area contributed by atoms with Crippen molar-refractivity contribution in [3.63, 3.8) is 0 Å². The van der Waals surface area contributed by atoms with Crippen LogP contribution in [0.4, 0.5) is 4.79 Å². The predicted molar refractivity (Wildman–Crippen MR) is 67.9 cm³/mol. The first kappa shape index (κ1) is 15.7. The zero-order valence-electron chi connectivity index (χ0n) is 11.2. The third kappa shape index (κ3) is 5.04. The molecule has 0 saturated carbocycles. The molecule has 0 unspecified atom stereocenters. The first-order valence-electron chi connectivity index (χ1n) is 6.59. The van der Waals surface area contributed by atoms with Crippen LogP contribution in [-0.4, -0.2) is 65.6 Å². The molecule has 7 nitrogen and oxygen atoms in total. The average Bonchev–Trinajstić information content (AvgIpc) is 2.42. The summed E-state index contributed by atoms with van der Waals surface area (Å²) in [6.45, 7) is 3.11. The van der Waals surface area contributed by atoms with Gasteiger partial charge in [-0.25, -0.2) is 9.59 Å². The molecule has 1 aliphatic rings. The number of carboxylic acid groups (broad SMARTS) is 1. The van der Waals surface area contributed by atoms with E-state index in [2.05, 4.69) is 5.32 Å². The second-order valence-corrected chi connectivity index (χ2v) is 4.53. The highest BCUT2D eigenvalue weighted by molar-refractivity contribution is 5.82. The van der Waals surface area contributed by atoms with Crippen molar-refractivity contribution < 1.29 is 24.5 Å². The van der Waals surface area contributed by atoms with Crippen molar-refractivity contribution in [3.05, 3.63) is 0 Å². The highest BCUT2D eigenvalue weighted by Crippen LogP contribution is 2.13. The average molecular weight is 274 g/mol. The Hall–Kier alpha value is -1.34. The van der Waals surface area contributed by atoms with E-state index in [9.17, 15) is 9.59 Å². The Morgan fingerprint density at radius 3 is 2.53 bits per heavy atom. The Kier molecular flexibility index (Phi) is 6.58. The fourth-order valence-electron chi connectivity index (χ4n) is 2.02. The molecule has 0 bridgehead atoms. The van der Waals surface area contributed by atoms with Gasteiger partial charge in [0.15, 0.2) is 0 Å². The summed E-state index contributed by atoms with van der Waals surface area (Å²) in [5.41, 5.74) is 0. The largest absolute Gasteiger partial charge is 0.480 e. The smallest absolute Gasteiger partial charge is 0.326 e. The quantitative estimate of drug-likeness (QED) is 0.635. The number of nitrogens with one attached hydrogen (secondary N) is 1. The minimum Gasteiger partial charge on any atom is -0.480 e. The molecule has 0 aliphatic carbocycles. The molecule has 1 rings (SSSR count). The predicted octanol–water partition coefficient (Wildman–Crippen LogP) is 0.0325. The third-order valence-corrected chi connectivity index (χ3v) is 3.18. The van der Waals surface area contributed by atoms with Gasteiger partial charge in [-0.05, 0) is 19.3 Å². The number of nitrogens with zero attached hydrogens (tertiary/aromatic N) is 1. The van der Waals surface area contributed by atoms with Gasteiger partial charge < -0.3 is 25.2 Å². The highest BCUT2D eigenvalue weighted by Gasteiger charge is 2.26. The van der Waals surface area contributed by atoms with Crippen molar-refractivity contribution in [1.29, 1.82) is 0 Å². The Labute approximate surface area is 112 Å². The fraction of sp³-hybridized carbons (Fsp3) is 0.833. The van der Waals surface area contributed by atoms with Crippen molar-refractivity contribution >= 4 is 12.0 Å². The zero-order chi connectivity index (χ0) is 14.3. The molecule has 3 N–H and O–H groups in total. The first-order valence-corrected chi connectivity index (χ1v) is 6.59. The van der Waals surface area contributed by atoms with Crippen LogP contribution < -0.4 is 5.32 Å². The molecule has 1 heterocycles. The maximum Gasteiger partial charge on any atom is 0.326 e. The summed E-state index contributed by atoms with van der Waals surface area (Å²) in [7, 11) is 0. The second-order valence-electron chi connectivity index (χ2n) is 4.53. The molecule has 2 amide bonds. The first-order chi connectivity index (χ1) is 9.08. The molecule has 0 spiro atoms. The molecule has 1 fully saturated rings. The van der Waals surface area contributed by atoms with Crippen LogP contribution in [0.1, 0.15) is 26.2 Å². The summed E-state index contributed by atoms with van der Waals surface area (Å²) in [5.74, 6) is -1.02. The van der Waals surface area contributed by atoms with Crippen LogP contribution in [0.15, 0.2) is 0 Å². The van der Waals surface area contributed by atoms with Crippen molar-refractivity contribution in [2.45, 2.75) is 38.3 Å². The number of aliphatic carboxylic acids is 1. The monoisotopic (exact) mass is 274 g/mol. The summed E-state index contributed by atoms with van der Waals surface area (Å²) in [6.07, 6.45) is 1.84. The summed E-state index contributed by atoms with van der Waals surface area (Å²) in [5, 5.41) is 20.0. The molecule has 0 aromatic heterocycles. The van der Waals surface area contributed by atoms with Gasteiger partial charge in [-0.1, -0.05) is 6.92 Å². The van der Waals surface area contributed by atoms with E-state index in [-0.39, 0.29) is 18.7 Å². The van der Waals surface area contributed by atoms with Crippen LogP contribution in [0.3, 0.4) is 0 Å². The van der Waals surface area contributed by atoms with E-state index in [0.717, 1.165) is 0 Å². The van der Waals surface area contributed by atoms with Gasteiger partial charge in [0.05, 0.1) is 19.3 Å². The van der Waals surface area contributed by atoms with E-state index in [0.29, 0.717) is 39.0 Å². The number of carbonyl (C=O) groups is 2. The van der Waals surface area contributed by atoms with E-state index in [1.54, 1.807) is 11.8 Å². The second kappa shape index (κ2) is 7.96. The summed E-state index contributed by atoms with van der Waals surface area (Å²) >= 11 is 0. The van der Waals surface area contributed by atoms with Gasteiger partial charge in [0.1, 0.15) is 6.04 Å². The van der Waals surface area contributed by atoms with Crippen LogP contribution in [0.5, 0.6) is 0 Å². The van der Waals surface area contributed by atoms with Gasteiger partial charge in [-0.15, -0.1) is 0 Å². The van der Waals surface area contributed by atoms with Crippen LogP contribution in [0.2, 0.25) is 0 Å². The van der Waals surface area contributed by atoms with Gasteiger partial charge >= 0.3 is 12.0 Å². The molecule has 0 aromatic rings. The Morgan fingerprint density at radius 2 is 2.05 bits per heavy atom. The summed E-state index contributed by atoms with van der Waals surface area (Å²) < 4.78 is 5.40. The van der Waals surface area contributed by atoms with Crippen molar-refractivity contribution in [3.8, 4) is 0 Å². The van der Waals surface area contributed by atoms with Crippen LogP contribution in [-0.2, 0) is 9.53 Å². The number of urea groups is 1. The number of hydrogen-bond acceptors (Lipinski definition) is 4. The molecule has 1 atom stereocenters. The number of ether oxygens (including phenoxy) is 1. The number of aliphatic hydroxyl groups is 1. The minimum absolute atomic E-state index is 0.00249. The zero-order valence-corrected chi connectivity index (χ0v) is 11.2. The third-order valence-electron chi connectivity index (χ3n) is 3.18. The summed E-state index contributed by atoms with van der Waals surface area (Å²) in [6, 6.07) is -1.18.